The Balaban J connectivity index is 4.05. The number of ether oxygens (including phenoxy) is 3. The summed E-state index contributed by atoms with van der Waals surface area (Å²) in [4.78, 5) is 21.5. The van der Waals surface area contributed by atoms with E-state index >= 15 is 0 Å². The van der Waals surface area contributed by atoms with Crippen molar-refractivity contribution in [3.05, 3.63) is 12.2 Å². The maximum absolute atomic E-state index is 11.2. The Morgan fingerprint density at radius 3 is 2.05 bits per heavy atom. The summed E-state index contributed by atoms with van der Waals surface area (Å²) in [6.07, 6.45) is 4.80. The summed E-state index contributed by atoms with van der Waals surface area (Å²) in [6.45, 7) is 5.13. The fourth-order valence-corrected chi connectivity index (χ4v) is 1.20. The average molecular weight is 288 g/mol. The second kappa shape index (κ2) is 12.6. The highest BCUT2D eigenvalue weighted by Crippen LogP contribution is 2.02. The molecule has 0 heterocycles. The first-order chi connectivity index (χ1) is 9.60. The number of hydrogen-bond acceptors (Lipinski definition) is 5. The number of carbonyl (C=O) groups is 2. The fraction of sp³-hybridized carbons (Fsp3) is 0.714. The second-order valence-corrected chi connectivity index (χ2v) is 4.18. The molecule has 0 amide bonds. The lowest BCUT2D eigenvalue weighted by molar-refractivity contribution is -0.180. The van der Waals surface area contributed by atoms with Gasteiger partial charge < -0.3 is 19.3 Å². The van der Waals surface area contributed by atoms with Gasteiger partial charge in [-0.15, -0.1) is 0 Å². The zero-order valence-electron chi connectivity index (χ0n) is 12.2. The van der Waals surface area contributed by atoms with E-state index in [1.807, 2.05) is 13.8 Å². The molecule has 0 aliphatic carbocycles. The van der Waals surface area contributed by atoms with Crippen LogP contribution in [-0.2, 0) is 23.8 Å². The Bertz CT molecular complexity index is 290. The molecule has 6 heteroatoms. The van der Waals surface area contributed by atoms with Crippen LogP contribution in [0, 0.1) is 0 Å². The first-order valence-electron chi connectivity index (χ1n) is 6.91. The fourth-order valence-electron chi connectivity index (χ4n) is 1.20. The van der Waals surface area contributed by atoms with Crippen LogP contribution in [-0.4, -0.2) is 43.2 Å². The maximum atomic E-state index is 11.2. The molecule has 0 rings (SSSR count). The minimum atomic E-state index is -1.20. The van der Waals surface area contributed by atoms with Gasteiger partial charge in [-0.05, 0) is 12.8 Å². The molecule has 0 atom stereocenters. The predicted molar refractivity (Wildman–Crippen MR) is 73.2 cm³/mol. The smallest absolute Gasteiger partial charge is 0.331 e. The summed E-state index contributed by atoms with van der Waals surface area (Å²) in [5.41, 5.74) is 0. The summed E-state index contributed by atoms with van der Waals surface area (Å²) in [7, 11) is 0. The van der Waals surface area contributed by atoms with Gasteiger partial charge in [0.15, 0.2) is 6.29 Å². The first kappa shape index (κ1) is 18.6. The molecule has 0 aromatic heterocycles. The topological polar surface area (TPSA) is 82.1 Å². The van der Waals surface area contributed by atoms with E-state index in [4.69, 9.17) is 19.3 Å². The number of esters is 1. The predicted octanol–water partition coefficient (Wildman–Crippen LogP) is 2.13. The zero-order valence-corrected chi connectivity index (χ0v) is 12.2. The highest BCUT2D eigenvalue weighted by molar-refractivity contribution is 5.90. The van der Waals surface area contributed by atoms with Crippen LogP contribution in [0.1, 0.15) is 39.5 Å². The molecule has 0 aromatic carbocycles. The Kier molecular flexibility index (Phi) is 11.7. The molecule has 0 aliphatic rings. The molecule has 0 aromatic rings. The molecule has 116 valence electrons. The van der Waals surface area contributed by atoms with Crippen molar-refractivity contribution in [2.45, 2.75) is 45.8 Å². The van der Waals surface area contributed by atoms with Gasteiger partial charge >= 0.3 is 11.9 Å². The SMILES string of the molecule is CCCCOC(COC(=O)/C=C\C(=O)O)OCCCC. The van der Waals surface area contributed by atoms with Gasteiger partial charge in [0, 0.05) is 25.4 Å². The summed E-state index contributed by atoms with van der Waals surface area (Å²) in [5, 5.41) is 8.38. The number of hydrogen-bond donors (Lipinski definition) is 1. The zero-order chi connectivity index (χ0) is 15.2. The quantitative estimate of drug-likeness (QED) is 0.256. The van der Waals surface area contributed by atoms with Gasteiger partial charge in [0.05, 0.1) is 0 Å². The largest absolute Gasteiger partial charge is 0.478 e. The summed E-state index contributed by atoms with van der Waals surface area (Å²) < 4.78 is 15.8. The molecule has 0 radical (unpaired) electrons. The molecule has 1 N–H and O–H groups in total. The van der Waals surface area contributed by atoms with E-state index in [0.29, 0.717) is 13.2 Å². The van der Waals surface area contributed by atoms with Crippen molar-refractivity contribution in [1.29, 1.82) is 0 Å². The standard InChI is InChI=1S/C14H24O6/c1-3-5-9-18-14(19-10-6-4-2)11-20-13(17)8-7-12(15)16/h7-8,14H,3-6,9-11H2,1-2H3,(H,15,16)/b8-7-. The van der Waals surface area contributed by atoms with E-state index in [1.165, 1.54) is 0 Å². The molecule has 0 fully saturated rings. The monoisotopic (exact) mass is 288 g/mol. The summed E-state index contributed by atoms with van der Waals surface area (Å²) in [6, 6.07) is 0. The van der Waals surface area contributed by atoms with Gasteiger partial charge in [0.25, 0.3) is 0 Å². The Labute approximate surface area is 119 Å². The lowest BCUT2D eigenvalue weighted by Crippen LogP contribution is -2.26. The molecule has 6 nitrogen and oxygen atoms in total. The number of rotatable bonds is 12. The lowest BCUT2D eigenvalue weighted by Gasteiger charge is -2.18. The Morgan fingerprint density at radius 2 is 1.60 bits per heavy atom. The van der Waals surface area contributed by atoms with Crippen LogP contribution in [0.3, 0.4) is 0 Å². The number of carbonyl (C=O) groups excluding carboxylic acids is 1. The number of aliphatic carboxylic acids is 1. The Hall–Kier alpha value is -1.40. The van der Waals surface area contributed by atoms with Gasteiger partial charge in [-0.2, -0.15) is 0 Å². The van der Waals surface area contributed by atoms with Gasteiger partial charge in [-0.1, -0.05) is 26.7 Å². The normalized spacial score (nSPS) is 11.2. The van der Waals surface area contributed by atoms with Crippen molar-refractivity contribution in [3.63, 3.8) is 0 Å². The van der Waals surface area contributed by atoms with Gasteiger partial charge in [0.2, 0.25) is 0 Å². The molecule has 20 heavy (non-hydrogen) atoms. The van der Waals surface area contributed by atoms with Crippen molar-refractivity contribution < 1.29 is 28.9 Å². The van der Waals surface area contributed by atoms with E-state index < -0.39 is 18.2 Å². The highest BCUT2D eigenvalue weighted by Gasteiger charge is 2.11. The van der Waals surface area contributed by atoms with Crippen LogP contribution in [0.4, 0.5) is 0 Å². The molecular weight excluding hydrogens is 264 g/mol. The van der Waals surface area contributed by atoms with Crippen LogP contribution in [0.2, 0.25) is 0 Å². The van der Waals surface area contributed by atoms with Crippen molar-refractivity contribution >= 4 is 11.9 Å². The molecular formula is C14H24O6. The molecule has 0 aliphatic heterocycles. The lowest BCUT2D eigenvalue weighted by atomic mass is 10.3. The van der Waals surface area contributed by atoms with Crippen molar-refractivity contribution in [2.75, 3.05) is 19.8 Å². The third-order valence-corrected chi connectivity index (χ3v) is 2.33. The number of unbranched alkanes of at least 4 members (excludes halogenated alkanes) is 2. The highest BCUT2D eigenvalue weighted by atomic mass is 16.7. The molecule has 0 bridgehead atoms. The van der Waals surface area contributed by atoms with Crippen molar-refractivity contribution in [3.8, 4) is 0 Å². The van der Waals surface area contributed by atoms with E-state index in [0.717, 1.165) is 37.8 Å². The van der Waals surface area contributed by atoms with Gasteiger partial charge in [-0.3, -0.25) is 0 Å². The average Bonchev–Trinajstić information content (AvgIpc) is 2.42. The first-order valence-corrected chi connectivity index (χ1v) is 6.91. The van der Waals surface area contributed by atoms with E-state index in [1.54, 1.807) is 0 Å². The van der Waals surface area contributed by atoms with E-state index in [9.17, 15) is 9.59 Å². The molecule has 0 saturated carbocycles. The van der Waals surface area contributed by atoms with Gasteiger partial charge in [-0.25, -0.2) is 9.59 Å². The minimum Gasteiger partial charge on any atom is -0.478 e. The van der Waals surface area contributed by atoms with Crippen LogP contribution < -0.4 is 0 Å². The third kappa shape index (κ3) is 11.7. The van der Waals surface area contributed by atoms with Crippen LogP contribution in [0.25, 0.3) is 0 Å². The van der Waals surface area contributed by atoms with Crippen molar-refractivity contribution in [2.24, 2.45) is 0 Å². The third-order valence-electron chi connectivity index (χ3n) is 2.33. The summed E-state index contributed by atoms with van der Waals surface area (Å²) in [5.74, 6) is -1.92. The van der Waals surface area contributed by atoms with Crippen LogP contribution in [0.15, 0.2) is 12.2 Å². The van der Waals surface area contributed by atoms with E-state index in [-0.39, 0.29) is 6.61 Å². The number of carboxylic acids is 1. The Morgan fingerprint density at radius 1 is 1.05 bits per heavy atom. The van der Waals surface area contributed by atoms with Crippen LogP contribution >= 0.6 is 0 Å². The van der Waals surface area contributed by atoms with E-state index in [2.05, 4.69) is 0 Å². The van der Waals surface area contributed by atoms with Gasteiger partial charge in [0.1, 0.15) is 6.61 Å². The molecule has 0 spiro atoms. The summed E-state index contributed by atoms with van der Waals surface area (Å²) >= 11 is 0. The van der Waals surface area contributed by atoms with Crippen molar-refractivity contribution in [1.82, 2.24) is 0 Å². The van der Waals surface area contributed by atoms with Crippen LogP contribution in [0.5, 0.6) is 0 Å². The molecule has 0 unspecified atom stereocenters. The minimum absolute atomic E-state index is 0.0454. The number of carboxylic acid groups (broad SMARTS) is 1. The maximum Gasteiger partial charge on any atom is 0.331 e. The second-order valence-electron chi connectivity index (χ2n) is 4.18. The molecule has 0 saturated heterocycles.